The average Bonchev–Trinajstić information content (AvgIpc) is 3.39. The number of carboxylic acids is 1. The maximum Gasteiger partial charge on any atom is 0.336 e. The zero-order valence-electron chi connectivity index (χ0n) is 19.0. The van der Waals surface area contributed by atoms with Gasteiger partial charge in [0.2, 0.25) is 5.91 Å². The minimum Gasteiger partial charge on any atom is -0.478 e. The summed E-state index contributed by atoms with van der Waals surface area (Å²) in [6.45, 7) is 3.72. The molecule has 8 nitrogen and oxygen atoms in total. The molecule has 35 heavy (non-hydrogen) atoms. The van der Waals surface area contributed by atoms with E-state index in [0.717, 1.165) is 10.5 Å². The van der Waals surface area contributed by atoms with Crippen LogP contribution in [-0.2, 0) is 9.59 Å². The molecule has 0 unspecified atom stereocenters. The number of amides is 3. The van der Waals surface area contributed by atoms with Gasteiger partial charge in [-0.1, -0.05) is 44.2 Å². The molecule has 9 heteroatoms. The number of hydrogen-bond acceptors (Lipinski definition) is 6. The molecule has 1 saturated heterocycles. The van der Waals surface area contributed by atoms with Crippen LogP contribution in [0.15, 0.2) is 70.0 Å². The van der Waals surface area contributed by atoms with Crippen molar-refractivity contribution in [3.05, 3.63) is 82.5 Å². The Morgan fingerprint density at radius 3 is 2.46 bits per heavy atom. The summed E-state index contributed by atoms with van der Waals surface area (Å²) in [5.41, 5.74) is 2.18. The van der Waals surface area contributed by atoms with Crippen molar-refractivity contribution >= 4 is 46.5 Å². The van der Waals surface area contributed by atoms with Gasteiger partial charge in [0.1, 0.15) is 18.1 Å². The van der Waals surface area contributed by atoms with Gasteiger partial charge >= 0.3 is 5.97 Å². The molecule has 0 atom stereocenters. The molecule has 0 saturated carbocycles. The molecule has 1 aromatic heterocycles. The molecule has 0 radical (unpaired) electrons. The van der Waals surface area contributed by atoms with Crippen LogP contribution >= 0.6 is 11.8 Å². The predicted octanol–water partition coefficient (Wildman–Crippen LogP) is 5.44. The molecule has 2 heterocycles. The minimum absolute atomic E-state index is 0.0820. The van der Waals surface area contributed by atoms with Crippen molar-refractivity contribution in [2.24, 2.45) is 0 Å². The van der Waals surface area contributed by atoms with E-state index in [0.29, 0.717) is 34.7 Å². The van der Waals surface area contributed by atoms with E-state index >= 15 is 0 Å². The number of hydrogen-bond donors (Lipinski definition) is 2. The van der Waals surface area contributed by atoms with Crippen LogP contribution < -0.4 is 5.32 Å². The summed E-state index contributed by atoms with van der Waals surface area (Å²) in [7, 11) is 0. The third-order valence-corrected chi connectivity index (χ3v) is 6.27. The van der Waals surface area contributed by atoms with Gasteiger partial charge in [0, 0.05) is 17.3 Å². The molecule has 0 aliphatic carbocycles. The lowest BCUT2D eigenvalue weighted by Gasteiger charge is -2.13. The predicted molar refractivity (Wildman–Crippen MR) is 133 cm³/mol. The number of furan rings is 1. The standard InChI is InChI=1S/C26H22N2O6S/c1-15(2)16-7-9-17(10-8-16)27-23(29)14-28-24(30)22(35-26(28)33)13-18-11-12-21(34-18)19-5-3-4-6-20(19)25(31)32/h3-13,15H,14H2,1-2H3,(H,27,29)(H,31,32)/b22-13-. The van der Waals surface area contributed by atoms with Gasteiger partial charge in [0.15, 0.2) is 0 Å². The first-order valence-electron chi connectivity index (χ1n) is 10.8. The number of anilines is 1. The highest BCUT2D eigenvalue weighted by Gasteiger charge is 2.36. The molecular formula is C26H22N2O6S. The number of carbonyl (C=O) groups excluding carboxylic acids is 3. The van der Waals surface area contributed by atoms with Gasteiger partial charge in [0.05, 0.1) is 10.5 Å². The number of nitrogens with zero attached hydrogens (tertiary/aromatic N) is 1. The Labute approximate surface area is 205 Å². The summed E-state index contributed by atoms with van der Waals surface area (Å²) >= 11 is 0.708. The van der Waals surface area contributed by atoms with Crippen molar-refractivity contribution in [2.75, 3.05) is 11.9 Å². The van der Waals surface area contributed by atoms with Gasteiger partial charge in [-0.15, -0.1) is 0 Å². The molecule has 0 spiro atoms. The highest BCUT2D eigenvalue weighted by molar-refractivity contribution is 8.18. The second-order valence-corrected chi connectivity index (χ2v) is 9.14. The highest BCUT2D eigenvalue weighted by Crippen LogP contribution is 2.34. The van der Waals surface area contributed by atoms with Crippen molar-refractivity contribution in [3.63, 3.8) is 0 Å². The number of thioether (sulfide) groups is 1. The molecule has 1 aliphatic rings. The quantitative estimate of drug-likeness (QED) is 0.423. The summed E-state index contributed by atoms with van der Waals surface area (Å²) in [6, 6.07) is 16.9. The Hall–Kier alpha value is -4.11. The van der Waals surface area contributed by atoms with Crippen LogP contribution in [0.5, 0.6) is 0 Å². The Bertz CT molecular complexity index is 1340. The maximum absolute atomic E-state index is 12.8. The number of nitrogens with one attached hydrogen (secondary N) is 1. The van der Waals surface area contributed by atoms with Crippen molar-refractivity contribution in [1.29, 1.82) is 0 Å². The molecular weight excluding hydrogens is 468 g/mol. The van der Waals surface area contributed by atoms with Crippen molar-refractivity contribution in [1.82, 2.24) is 4.90 Å². The molecule has 0 bridgehead atoms. The lowest BCUT2D eigenvalue weighted by molar-refractivity contribution is -0.127. The number of carbonyl (C=O) groups is 4. The first kappa shape index (κ1) is 24.0. The SMILES string of the molecule is CC(C)c1ccc(NC(=O)CN2C(=O)S/C(=C\c3ccc(-c4ccccc4C(=O)O)o3)C2=O)cc1. The molecule has 4 rings (SSSR count). The molecule has 178 valence electrons. The normalized spacial score (nSPS) is 14.7. The lowest BCUT2D eigenvalue weighted by Crippen LogP contribution is -2.36. The number of rotatable bonds is 7. The molecule has 2 N–H and O–H groups in total. The monoisotopic (exact) mass is 490 g/mol. The lowest BCUT2D eigenvalue weighted by atomic mass is 10.0. The Morgan fingerprint density at radius 1 is 1.06 bits per heavy atom. The largest absolute Gasteiger partial charge is 0.478 e. The van der Waals surface area contributed by atoms with Gasteiger partial charge < -0.3 is 14.8 Å². The second-order valence-electron chi connectivity index (χ2n) is 8.15. The third kappa shape index (κ3) is 5.36. The smallest absolute Gasteiger partial charge is 0.336 e. The summed E-state index contributed by atoms with van der Waals surface area (Å²) in [5.74, 6) is -1.23. The number of benzene rings is 2. The van der Waals surface area contributed by atoms with E-state index in [4.69, 9.17) is 4.42 Å². The molecule has 2 aromatic carbocycles. The Kier molecular flexibility index (Phi) is 6.88. The summed E-state index contributed by atoms with van der Waals surface area (Å²) in [5, 5.41) is 11.5. The molecule has 3 aromatic rings. The maximum atomic E-state index is 12.8. The van der Waals surface area contributed by atoms with Crippen LogP contribution in [0.3, 0.4) is 0 Å². The van der Waals surface area contributed by atoms with Crippen LogP contribution in [0.1, 0.15) is 41.4 Å². The van der Waals surface area contributed by atoms with E-state index in [9.17, 15) is 24.3 Å². The number of carboxylic acid groups (broad SMARTS) is 1. The fraction of sp³-hybridized carbons (Fsp3) is 0.154. The molecule has 1 fully saturated rings. The number of imide groups is 1. The van der Waals surface area contributed by atoms with Crippen LogP contribution in [0, 0.1) is 0 Å². The summed E-state index contributed by atoms with van der Waals surface area (Å²) in [6.07, 6.45) is 1.40. The van der Waals surface area contributed by atoms with Gasteiger partial charge in [0.25, 0.3) is 11.1 Å². The van der Waals surface area contributed by atoms with E-state index in [1.165, 1.54) is 12.1 Å². The zero-order valence-corrected chi connectivity index (χ0v) is 19.8. The van der Waals surface area contributed by atoms with Gasteiger partial charge in [-0.2, -0.15) is 0 Å². The molecule has 1 aliphatic heterocycles. The van der Waals surface area contributed by atoms with Crippen LogP contribution in [0.25, 0.3) is 17.4 Å². The topological polar surface area (TPSA) is 117 Å². The summed E-state index contributed by atoms with van der Waals surface area (Å²) < 4.78 is 5.71. The van der Waals surface area contributed by atoms with Crippen LogP contribution in [0.4, 0.5) is 10.5 Å². The van der Waals surface area contributed by atoms with Gasteiger partial charge in [-0.3, -0.25) is 19.3 Å². The van der Waals surface area contributed by atoms with E-state index in [1.807, 2.05) is 12.1 Å². The second kappa shape index (κ2) is 10.0. The van der Waals surface area contributed by atoms with Gasteiger partial charge in [-0.05, 0) is 53.6 Å². The first-order valence-corrected chi connectivity index (χ1v) is 11.6. The fourth-order valence-corrected chi connectivity index (χ4v) is 4.34. The zero-order chi connectivity index (χ0) is 25.1. The minimum atomic E-state index is -1.09. The van der Waals surface area contributed by atoms with Crippen molar-refractivity contribution in [2.45, 2.75) is 19.8 Å². The summed E-state index contributed by atoms with van der Waals surface area (Å²) in [4.78, 5) is 50.0. The van der Waals surface area contributed by atoms with E-state index in [1.54, 1.807) is 42.5 Å². The van der Waals surface area contributed by atoms with E-state index in [2.05, 4.69) is 19.2 Å². The van der Waals surface area contributed by atoms with E-state index < -0.39 is 29.6 Å². The third-order valence-electron chi connectivity index (χ3n) is 5.36. The average molecular weight is 491 g/mol. The van der Waals surface area contributed by atoms with Crippen molar-refractivity contribution < 1.29 is 28.7 Å². The van der Waals surface area contributed by atoms with Crippen molar-refractivity contribution in [3.8, 4) is 11.3 Å². The van der Waals surface area contributed by atoms with Crippen LogP contribution in [0.2, 0.25) is 0 Å². The first-order chi connectivity index (χ1) is 16.7. The fourth-order valence-electron chi connectivity index (χ4n) is 3.52. The Balaban J connectivity index is 1.45. The molecule has 3 amide bonds. The van der Waals surface area contributed by atoms with E-state index in [-0.39, 0.29) is 16.2 Å². The number of aromatic carboxylic acids is 1. The Morgan fingerprint density at radius 2 is 1.77 bits per heavy atom. The highest BCUT2D eigenvalue weighted by atomic mass is 32.2. The van der Waals surface area contributed by atoms with Gasteiger partial charge in [-0.25, -0.2) is 4.79 Å². The van der Waals surface area contributed by atoms with Crippen LogP contribution in [-0.4, -0.2) is 39.6 Å².